The van der Waals surface area contributed by atoms with Gasteiger partial charge in [-0.3, -0.25) is 0 Å². The van der Waals surface area contributed by atoms with Crippen LogP contribution in [0.2, 0.25) is 0 Å². The van der Waals surface area contributed by atoms with Crippen molar-refractivity contribution in [1.29, 1.82) is 0 Å². The first-order valence-electron chi connectivity index (χ1n) is 5.91. The Morgan fingerprint density at radius 2 is 1.54 bits per heavy atom. The van der Waals surface area contributed by atoms with Crippen molar-refractivity contribution in [3.63, 3.8) is 0 Å². The zero-order valence-electron chi connectivity index (χ0n) is 9.32. The Kier molecular flexibility index (Phi) is 11.0. The summed E-state index contributed by atoms with van der Waals surface area (Å²) in [6.07, 6.45) is 11.3. The number of halogens is 1. The summed E-state index contributed by atoms with van der Waals surface area (Å²) in [7, 11) is 0. The van der Waals surface area contributed by atoms with E-state index in [9.17, 15) is 0 Å². The maximum absolute atomic E-state index is 3.60. The van der Waals surface area contributed by atoms with Crippen molar-refractivity contribution in [3.8, 4) is 0 Å². The van der Waals surface area contributed by atoms with Crippen LogP contribution in [0.3, 0.4) is 0 Å². The minimum absolute atomic E-state index is 0.937. The second-order valence-electron chi connectivity index (χ2n) is 4.01. The molecule has 1 unspecified atom stereocenters. The van der Waals surface area contributed by atoms with Crippen molar-refractivity contribution < 1.29 is 0 Å². The summed E-state index contributed by atoms with van der Waals surface area (Å²) in [6, 6.07) is 0. The van der Waals surface area contributed by atoms with Crippen molar-refractivity contribution in [2.75, 3.05) is 5.33 Å². The Balaban J connectivity index is 3.17. The standard InChI is InChI=1S/C12H25Br/c1-3-5-6-7-8-10-12(11-13)9-4-2/h12H,3-11H2,1-2H3. The molecule has 0 aliphatic rings. The van der Waals surface area contributed by atoms with Gasteiger partial charge in [0, 0.05) is 5.33 Å². The third kappa shape index (κ3) is 8.80. The summed E-state index contributed by atoms with van der Waals surface area (Å²) in [5.41, 5.74) is 0. The van der Waals surface area contributed by atoms with Gasteiger partial charge in [0.15, 0.2) is 0 Å². The number of alkyl halides is 1. The molecule has 0 heterocycles. The Hall–Kier alpha value is 0.480. The molecule has 0 aromatic carbocycles. The van der Waals surface area contributed by atoms with Crippen LogP contribution < -0.4 is 0 Å². The van der Waals surface area contributed by atoms with Gasteiger partial charge < -0.3 is 0 Å². The van der Waals surface area contributed by atoms with E-state index in [4.69, 9.17) is 0 Å². The average molecular weight is 249 g/mol. The summed E-state index contributed by atoms with van der Waals surface area (Å²) >= 11 is 3.60. The van der Waals surface area contributed by atoms with Crippen molar-refractivity contribution in [3.05, 3.63) is 0 Å². The van der Waals surface area contributed by atoms with Crippen LogP contribution in [-0.2, 0) is 0 Å². The lowest BCUT2D eigenvalue weighted by Crippen LogP contribution is -2.01. The molecule has 0 spiro atoms. The highest BCUT2D eigenvalue weighted by Gasteiger charge is 2.04. The molecule has 0 saturated heterocycles. The van der Waals surface area contributed by atoms with Gasteiger partial charge in [0.05, 0.1) is 0 Å². The molecule has 13 heavy (non-hydrogen) atoms. The van der Waals surface area contributed by atoms with Gasteiger partial charge in [-0.2, -0.15) is 0 Å². The summed E-state index contributed by atoms with van der Waals surface area (Å²) in [6.45, 7) is 4.56. The predicted molar refractivity (Wildman–Crippen MR) is 65.6 cm³/mol. The molecule has 0 fully saturated rings. The minimum atomic E-state index is 0.937. The van der Waals surface area contributed by atoms with E-state index in [1.54, 1.807) is 0 Å². The maximum atomic E-state index is 3.60. The first-order chi connectivity index (χ1) is 6.35. The largest absolute Gasteiger partial charge is 0.0925 e. The highest BCUT2D eigenvalue weighted by molar-refractivity contribution is 9.09. The Bertz CT molecular complexity index is 91.1. The van der Waals surface area contributed by atoms with E-state index in [0.29, 0.717) is 0 Å². The molecule has 1 atom stereocenters. The SMILES string of the molecule is CCCCCCCC(CBr)CCC. The topological polar surface area (TPSA) is 0 Å². The Morgan fingerprint density at radius 1 is 0.846 bits per heavy atom. The molecular weight excluding hydrogens is 224 g/mol. The minimum Gasteiger partial charge on any atom is -0.0925 e. The third-order valence-corrected chi connectivity index (χ3v) is 3.55. The van der Waals surface area contributed by atoms with Crippen LogP contribution in [0.4, 0.5) is 0 Å². The van der Waals surface area contributed by atoms with E-state index < -0.39 is 0 Å². The normalized spacial score (nSPS) is 13.2. The summed E-state index contributed by atoms with van der Waals surface area (Å²) in [5, 5.41) is 1.20. The summed E-state index contributed by atoms with van der Waals surface area (Å²) < 4.78 is 0. The second-order valence-corrected chi connectivity index (χ2v) is 4.66. The van der Waals surface area contributed by atoms with E-state index in [1.165, 1.54) is 56.7 Å². The molecule has 0 bridgehead atoms. The van der Waals surface area contributed by atoms with Crippen molar-refractivity contribution in [1.82, 2.24) is 0 Å². The van der Waals surface area contributed by atoms with Crippen molar-refractivity contribution in [2.24, 2.45) is 5.92 Å². The molecule has 0 radical (unpaired) electrons. The number of unbranched alkanes of at least 4 members (excludes halogenated alkanes) is 4. The highest BCUT2D eigenvalue weighted by atomic mass is 79.9. The predicted octanol–water partition coefficient (Wildman–Crippen LogP) is 5.16. The fourth-order valence-electron chi connectivity index (χ4n) is 1.74. The van der Waals surface area contributed by atoms with Crippen LogP contribution in [0.5, 0.6) is 0 Å². The zero-order valence-corrected chi connectivity index (χ0v) is 10.9. The smallest absolute Gasteiger partial charge is 0.00596 e. The Morgan fingerprint density at radius 3 is 2.08 bits per heavy atom. The van der Waals surface area contributed by atoms with Gasteiger partial charge in [0.2, 0.25) is 0 Å². The van der Waals surface area contributed by atoms with Crippen LogP contribution >= 0.6 is 15.9 Å². The molecule has 0 amide bonds. The van der Waals surface area contributed by atoms with Gasteiger partial charge in [0.1, 0.15) is 0 Å². The molecule has 0 saturated carbocycles. The van der Waals surface area contributed by atoms with Crippen LogP contribution in [-0.4, -0.2) is 5.33 Å². The number of hydrogen-bond donors (Lipinski definition) is 0. The fraction of sp³-hybridized carbons (Fsp3) is 1.00. The lowest BCUT2D eigenvalue weighted by molar-refractivity contribution is 0.461. The zero-order chi connectivity index (χ0) is 9.94. The molecule has 1 heteroatoms. The third-order valence-electron chi connectivity index (χ3n) is 2.63. The first-order valence-corrected chi connectivity index (χ1v) is 7.03. The monoisotopic (exact) mass is 248 g/mol. The maximum Gasteiger partial charge on any atom is 0.00596 e. The van der Waals surface area contributed by atoms with Gasteiger partial charge in [0.25, 0.3) is 0 Å². The van der Waals surface area contributed by atoms with E-state index in [2.05, 4.69) is 29.8 Å². The van der Waals surface area contributed by atoms with E-state index >= 15 is 0 Å². The summed E-state index contributed by atoms with van der Waals surface area (Å²) in [5.74, 6) is 0.937. The number of hydrogen-bond acceptors (Lipinski definition) is 0. The lowest BCUT2D eigenvalue weighted by atomic mass is 9.98. The van der Waals surface area contributed by atoms with Crippen LogP contribution in [0.1, 0.15) is 65.2 Å². The van der Waals surface area contributed by atoms with Crippen LogP contribution in [0.25, 0.3) is 0 Å². The van der Waals surface area contributed by atoms with Gasteiger partial charge in [-0.15, -0.1) is 0 Å². The molecule has 0 aromatic heterocycles. The molecular formula is C12H25Br. The quantitative estimate of drug-likeness (QED) is 0.391. The number of rotatable bonds is 9. The Labute approximate surface area is 92.6 Å². The van der Waals surface area contributed by atoms with E-state index in [-0.39, 0.29) is 0 Å². The highest BCUT2D eigenvalue weighted by Crippen LogP contribution is 2.18. The van der Waals surface area contributed by atoms with Gasteiger partial charge in [-0.25, -0.2) is 0 Å². The summed E-state index contributed by atoms with van der Waals surface area (Å²) in [4.78, 5) is 0. The lowest BCUT2D eigenvalue weighted by Gasteiger charge is -2.11. The van der Waals surface area contributed by atoms with Crippen LogP contribution in [0.15, 0.2) is 0 Å². The molecule has 0 rings (SSSR count). The molecule has 0 aromatic rings. The molecule has 0 aliphatic heterocycles. The van der Waals surface area contributed by atoms with E-state index in [1.807, 2.05) is 0 Å². The van der Waals surface area contributed by atoms with Crippen molar-refractivity contribution in [2.45, 2.75) is 65.2 Å². The molecule has 80 valence electrons. The molecule has 0 N–H and O–H groups in total. The average Bonchev–Trinajstić information content (AvgIpc) is 2.16. The van der Waals surface area contributed by atoms with E-state index in [0.717, 1.165) is 5.92 Å². The molecule has 0 aliphatic carbocycles. The van der Waals surface area contributed by atoms with Gasteiger partial charge in [-0.05, 0) is 18.8 Å². The van der Waals surface area contributed by atoms with Gasteiger partial charge in [-0.1, -0.05) is 68.3 Å². The van der Waals surface area contributed by atoms with Gasteiger partial charge >= 0.3 is 0 Å². The first kappa shape index (κ1) is 13.5. The van der Waals surface area contributed by atoms with Crippen LogP contribution in [0, 0.1) is 5.92 Å². The second kappa shape index (κ2) is 10.6. The fourth-order valence-corrected chi connectivity index (χ4v) is 2.39. The van der Waals surface area contributed by atoms with Crippen molar-refractivity contribution >= 4 is 15.9 Å². The molecule has 0 nitrogen and oxygen atoms in total.